The van der Waals surface area contributed by atoms with Gasteiger partial charge >= 0.3 is 12.3 Å². The van der Waals surface area contributed by atoms with E-state index in [2.05, 4.69) is 10.3 Å². The van der Waals surface area contributed by atoms with Crippen molar-refractivity contribution in [3.63, 3.8) is 0 Å². The molecule has 7 nitrogen and oxygen atoms in total. The number of carbonyl (C=O) groups excluding carboxylic acids is 1. The molecular formula is C22H24F4N2O5. The summed E-state index contributed by atoms with van der Waals surface area (Å²) in [6.07, 6.45) is -6.10. The topological polar surface area (TPSA) is 101 Å². The fraction of sp³-hybridized carbons (Fsp3) is 0.455. The van der Waals surface area contributed by atoms with Gasteiger partial charge in [-0.25, -0.2) is 14.2 Å². The molecule has 0 aliphatic carbocycles. The highest BCUT2D eigenvalue weighted by atomic mass is 19.4. The molecule has 1 aromatic carbocycles. The number of aromatic nitrogens is 1. The van der Waals surface area contributed by atoms with Gasteiger partial charge in [0, 0.05) is 11.1 Å². The third-order valence-electron chi connectivity index (χ3n) is 5.09. The standard InChI is InChI=1S/C22H24F4N2O5/c1-19(2,3)33-18(30)28-20(4)11-32-17-14(20)9-15(21(31,10-29)22(24,25)26)27-16(17)12-5-7-13(23)8-6-12/h5-9,29,31H,10-11H2,1-4H3,(H,28,30)/t20-,21?/m1/s1. The van der Waals surface area contributed by atoms with Crippen LogP contribution in [-0.4, -0.2) is 46.3 Å². The number of carbonyl (C=O) groups is 1. The first-order valence-corrected chi connectivity index (χ1v) is 9.95. The van der Waals surface area contributed by atoms with Crippen LogP contribution in [0.5, 0.6) is 5.75 Å². The van der Waals surface area contributed by atoms with Gasteiger partial charge in [0.05, 0.1) is 12.3 Å². The molecule has 1 aliphatic heterocycles. The number of fused-ring (bicyclic) bond motifs is 1. The molecule has 0 fully saturated rings. The Hall–Kier alpha value is -2.92. The van der Waals surface area contributed by atoms with E-state index >= 15 is 0 Å². The number of hydrogen-bond acceptors (Lipinski definition) is 6. The number of alkyl carbamates (subject to hydrolysis) is 1. The monoisotopic (exact) mass is 472 g/mol. The Labute approximate surface area is 187 Å². The number of hydrogen-bond donors (Lipinski definition) is 3. The van der Waals surface area contributed by atoms with Crippen molar-refractivity contribution < 1.29 is 42.0 Å². The van der Waals surface area contributed by atoms with Crippen molar-refractivity contribution in [3.05, 3.63) is 47.4 Å². The summed E-state index contributed by atoms with van der Waals surface area (Å²) in [7, 11) is 0. The smallest absolute Gasteiger partial charge is 0.425 e. The Kier molecular flexibility index (Phi) is 6.10. The Morgan fingerprint density at radius 1 is 1.24 bits per heavy atom. The van der Waals surface area contributed by atoms with Crippen LogP contribution in [-0.2, 0) is 15.9 Å². The average molecular weight is 472 g/mol. The van der Waals surface area contributed by atoms with Crippen molar-refractivity contribution >= 4 is 6.09 Å². The largest absolute Gasteiger partial charge is 0.488 e. The zero-order valence-corrected chi connectivity index (χ0v) is 18.4. The van der Waals surface area contributed by atoms with E-state index in [1.165, 1.54) is 19.1 Å². The van der Waals surface area contributed by atoms with Crippen LogP contribution in [0.15, 0.2) is 30.3 Å². The number of benzene rings is 1. The van der Waals surface area contributed by atoms with Crippen molar-refractivity contribution in [1.29, 1.82) is 0 Å². The molecule has 1 amide bonds. The number of aliphatic hydroxyl groups is 2. The van der Waals surface area contributed by atoms with Crippen LogP contribution >= 0.6 is 0 Å². The fourth-order valence-electron chi connectivity index (χ4n) is 3.35. The highest BCUT2D eigenvalue weighted by Gasteiger charge is 2.57. The second-order valence-corrected chi connectivity index (χ2v) is 9.00. The molecule has 3 N–H and O–H groups in total. The zero-order chi connectivity index (χ0) is 24.8. The van der Waals surface area contributed by atoms with Crippen LogP contribution in [0.4, 0.5) is 22.4 Å². The summed E-state index contributed by atoms with van der Waals surface area (Å²) >= 11 is 0. The van der Waals surface area contributed by atoms with E-state index < -0.39 is 47.1 Å². The first-order valence-electron chi connectivity index (χ1n) is 9.95. The van der Waals surface area contributed by atoms with Gasteiger partial charge in [0.1, 0.15) is 29.3 Å². The molecule has 33 heavy (non-hydrogen) atoms. The highest BCUT2D eigenvalue weighted by molar-refractivity contribution is 5.74. The lowest BCUT2D eigenvalue weighted by Crippen LogP contribution is -2.48. The zero-order valence-electron chi connectivity index (χ0n) is 18.4. The van der Waals surface area contributed by atoms with E-state index in [1.54, 1.807) is 20.8 Å². The fourth-order valence-corrected chi connectivity index (χ4v) is 3.35. The van der Waals surface area contributed by atoms with Crippen molar-refractivity contribution in [2.45, 2.75) is 50.6 Å². The molecule has 0 saturated heterocycles. The highest BCUT2D eigenvalue weighted by Crippen LogP contribution is 2.47. The summed E-state index contributed by atoms with van der Waals surface area (Å²) in [5.41, 5.74) is -6.61. The molecule has 0 spiro atoms. The maximum absolute atomic E-state index is 13.7. The number of rotatable bonds is 4. The molecule has 0 bridgehead atoms. The number of nitrogens with one attached hydrogen (secondary N) is 1. The third kappa shape index (κ3) is 4.74. The molecule has 0 radical (unpaired) electrons. The lowest BCUT2D eigenvalue weighted by molar-refractivity contribution is -0.279. The summed E-state index contributed by atoms with van der Waals surface area (Å²) in [5, 5.41) is 22.4. The van der Waals surface area contributed by atoms with Gasteiger partial charge in [-0.1, -0.05) is 0 Å². The van der Waals surface area contributed by atoms with Crippen molar-refractivity contribution in [2.75, 3.05) is 13.2 Å². The third-order valence-corrected chi connectivity index (χ3v) is 5.09. The van der Waals surface area contributed by atoms with Gasteiger partial charge in [0.15, 0.2) is 5.75 Å². The predicted molar refractivity (Wildman–Crippen MR) is 109 cm³/mol. The van der Waals surface area contributed by atoms with Gasteiger partial charge in [0.25, 0.3) is 0 Å². The SMILES string of the molecule is CC(C)(C)OC(=O)N[C@]1(C)COc2c1cc(C(O)(CO)C(F)(F)F)nc2-c1ccc(F)cc1. The second-order valence-electron chi connectivity index (χ2n) is 9.00. The quantitative estimate of drug-likeness (QED) is 0.586. The molecular weight excluding hydrogens is 448 g/mol. The lowest BCUT2D eigenvalue weighted by atomic mass is 9.89. The molecule has 2 heterocycles. The minimum atomic E-state index is -5.27. The summed E-state index contributed by atoms with van der Waals surface area (Å²) in [4.78, 5) is 16.3. The molecule has 11 heteroatoms. The summed E-state index contributed by atoms with van der Waals surface area (Å²) in [6.45, 7) is 4.58. The van der Waals surface area contributed by atoms with Crippen molar-refractivity contribution in [1.82, 2.24) is 10.3 Å². The van der Waals surface area contributed by atoms with Gasteiger partial charge in [-0.2, -0.15) is 13.2 Å². The lowest BCUT2D eigenvalue weighted by Gasteiger charge is -2.30. The molecule has 1 unspecified atom stereocenters. The number of alkyl halides is 3. The van der Waals surface area contributed by atoms with Gasteiger partial charge in [0.2, 0.25) is 5.60 Å². The molecule has 3 rings (SSSR count). The Morgan fingerprint density at radius 3 is 2.36 bits per heavy atom. The van der Waals surface area contributed by atoms with Gasteiger partial charge in [-0.15, -0.1) is 0 Å². The second kappa shape index (κ2) is 8.14. The molecule has 2 atom stereocenters. The summed E-state index contributed by atoms with van der Waals surface area (Å²) < 4.78 is 65.5. The van der Waals surface area contributed by atoms with E-state index in [4.69, 9.17) is 9.47 Å². The van der Waals surface area contributed by atoms with Crippen LogP contribution in [0.3, 0.4) is 0 Å². The summed E-state index contributed by atoms with van der Waals surface area (Å²) in [6, 6.07) is 5.67. The maximum atomic E-state index is 13.7. The van der Waals surface area contributed by atoms with E-state index in [0.717, 1.165) is 18.2 Å². The van der Waals surface area contributed by atoms with Gasteiger partial charge < -0.3 is 25.0 Å². The van der Waals surface area contributed by atoms with Crippen LogP contribution in [0.2, 0.25) is 0 Å². The van der Waals surface area contributed by atoms with Gasteiger partial charge in [-0.05, 0) is 58.0 Å². The first kappa shape index (κ1) is 24.7. The van der Waals surface area contributed by atoms with E-state index in [9.17, 15) is 32.6 Å². The molecule has 0 saturated carbocycles. The van der Waals surface area contributed by atoms with Crippen LogP contribution in [0.25, 0.3) is 11.3 Å². The Morgan fingerprint density at radius 2 is 1.85 bits per heavy atom. The predicted octanol–water partition coefficient (Wildman–Crippen LogP) is 3.76. The van der Waals surface area contributed by atoms with E-state index in [1.807, 2.05) is 0 Å². The molecule has 1 aliphatic rings. The average Bonchev–Trinajstić information content (AvgIpc) is 3.01. The number of amides is 1. The van der Waals surface area contributed by atoms with Gasteiger partial charge in [-0.3, -0.25) is 0 Å². The molecule has 1 aromatic heterocycles. The van der Waals surface area contributed by atoms with Crippen molar-refractivity contribution in [2.24, 2.45) is 0 Å². The van der Waals surface area contributed by atoms with Crippen LogP contribution in [0, 0.1) is 5.82 Å². The summed E-state index contributed by atoms with van der Waals surface area (Å²) in [5.74, 6) is -0.530. The number of nitrogens with zero attached hydrogens (tertiary/aromatic N) is 1. The molecule has 180 valence electrons. The molecule has 2 aromatic rings. The number of aliphatic hydroxyl groups excluding tert-OH is 1. The first-order chi connectivity index (χ1) is 15.1. The normalized spacial score (nSPS) is 19.9. The van der Waals surface area contributed by atoms with E-state index in [0.29, 0.717) is 0 Å². The minimum Gasteiger partial charge on any atom is -0.488 e. The number of ether oxygens (including phenoxy) is 2. The maximum Gasteiger partial charge on any atom is 0.425 e. The van der Waals surface area contributed by atoms with Crippen LogP contribution in [0.1, 0.15) is 39.0 Å². The van der Waals surface area contributed by atoms with Crippen LogP contribution < -0.4 is 10.1 Å². The number of pyridine rings is 1. The van der Waals surface area contributed by atoms with E-state index in [-0.39, 0.29) is 29.2 Å². The van der Waals surface area contributed by atoms with Crippen molar-refractivity contribution in [3.8, 4) is 17.0 Å². The Balaban J connectivity index is 2.20. The number of halogens is 4. The minimum absolute atomic E-state index is 0.0476. The Bertz CT molecular complexity index is 1050.